The number of imidazole rings is 1. The molecule has 1 amide bonds. The van der Waals surface area contributed by atoms with Gasteiger partial charge in [0.1, 0.15) is 0 Å². The number of allylic oxidation sites excluding steroid dienone is 1. The summed E-state index contributed by atoms with van der Waals surface area (Å²) in [4.78, 5) is 17.2. The van der Waals surface area contributed by atoms with Crippen molar-refractivity contribution in [2.24, 2.45) is 0 Å². The summed E-state index contributed by atoms with van der Waals surface area (Å²) in [6.45, 7) is 5.49. The zero-order chi connectivity index (χ0) is 19.4. The molecule has 0 saturated carbocycles. The Balaban J connectivity index is 1.62. The Labute approximate surface area is 161 Å². The van der Waals surface area contributed by atoms with Gasteiger partial charge in [-0.3, -0.25) is 0 Å². The van der Waals surface area contributed by atoms with Gasteiger partial charge >= 0.3 is 5.91 Å². The summed E-state index contributed by atoms with van der Waals surface area (Å²) in [5.41, 5.74) is 6.42. The van der Waals surface area contributed by atoms with Crippen LogP contribution >= 0.6 is 0 Å². The molecule has 0 radical (unpaired) electrons. The number of carbonyl (C=O) groups is 1. The summed E-state index contributed by atoms with van der Waals surface area (Å²) in [6, 6.07) is 7.20. The number of halogens is 1. The van der Waals surface area contributed by atoms with E-state index in [0.717, 1.165) is 53.2 Å². The zero-order valence-corrected chi connectivity index (χ0v) is 15.8. The first-order valence-electron chi connectivity index (χ1n) is 9.38. The smallest absolute Gasteiger partial charge is 0.307 e. The molecule has 5 nitrogen and oxygen atoms in total. The van der Waals surface area contributed by atoms with Crippen LogP contribution in [0.25, 0.3) is 22.3 Å². The highest BCUT2D eigenvalue weighted by Crippen LogP contribution is 2.31. The molecule has 2 aliphatic heterocycles. The molecule has 140 valence electrons. The number of pyridine rings is 1. The molecular formula is C22H20FN4O+. The van der Waals surface area contributed by atoms with Crippen molar-refractivity contribution >= 4 is 22.8 Å². The van der Waals surface area contributed by atoms with Gasteiger partial charge < -0.3 is 9.72 Å². The predicted molar refractivity (Wildman–Crippen MR) is 106 cm³/mol. The van der Waals surface area contributed by atoms with Crippen molar-refractivity contribution in [3.05, 3.63) is 65.5 Å². The van der Waals surface area contributed by atoms with Gasteiger partial charge in [0.05, 0.1) is 17.8 Å². The molecule has 0 atom stereocenters. The second kappa shape index (κ2) is 6.21. The fraction of sp³-hybridized carbons (Fsp3) is 0.227. The molecule has 0 unspecified atom stereocenters. The summed E-state index contributed by atoms with van der Waals surface area (Å²) < 4.78 is 18.0. The zero-order valence-electron chi connectivity index (χ0n) is 15.8. The van der Waals surface area contributed by atoms with Gasteiger partial charge in [-0.1, -0.05) is 6.07 Å². The summed E-state index contributed by atoms with van der Waals surface area (Å²) in [6.07, 6.45) is 6.47. The lowest BCUT2D eigenvalue weighted by atomic mass is 9.93. The minimum atomic E-state index is -0.358. The van der Waals surface area contributed by atoms with Crippen LogP contribution in [-0.2, 0) is 0 Å². The molecule has 2 aromatic heterocycles. The number of amides is 1. The molecule has 1 aromatic carbocycles. The minimum absolute atomic E-state index is 0.00211. The third kappa shape index (κ3) is 2.60. The van der Waals surface area contributed by atoms with E-state index in [9.17, 15) is 9.18 Å². The van der Waals surface area contributed by atoms with Crippen molar-refractivity contribution in [3.63, 3.8) is 0 Å². The minimum Gasteiger partial charge on any atom is -0.307 e. The Morgan fingerprint density at radius 1 is 1.14 bits per heavy atom. The van der Waals surface area contributed by atoms with Crippen LogP contribution in [0.1, 0.15) is 35.0 Å². The van der Waals surface area contributed by atoms with Gasteiger partial charge in [-0.2, -0.15) is 0 Å². The van der Waals surface area contributed by atoms with Crippen molar-refractivity contribution in [2.75, 3.05) is 13.1 Å². The number of carbonyl (C=O) groups excluding carboxylic acids is 1. The lowest BCUT2D eigenvalue weighted by molar-refractivity contribution is -0.353. The number of fused-ring (bicyclic) bond motifs is 2. The maximum Gasteiger partial charge on any atom is 0.425 e. The van der Waals surface area contributed by atoms with E-state index in [4.69, 9.17) is 0 Å². The number of rotatable bonds is 1. The van der Waals surface area contributed by atoms with Crippen molar-refractivity contribution in [3.8, 4) is 11.1 Å². The van der Waals surface area contributed by atoms with E-state index < -0.39 is 0 Å². The number of hydrogen-bond acceptors (Lipinski definition) is 3. The number of nitrogens with one attached hydrogen (secondary N) is 1. The number of hydrogen-bond donors (Lipinski definition) is 1. The Morgan fingerprint density at radius 3 is 2.79 bits per heavy atom. The normalized spacial score (nSPS) is 19.2. The topological polar surface area (TPSA) is 49.4 Å². The molecular weight excluding hydrogens is 355 g/mol. The third-order valence-corrected chi connectivity index (χ3v) is 5.44. The van der Waals surface area contributed by atoms with E-state index in [0.29, 0.717) is 11.2 Å². The fourth-order valence-corrected chi connectivity index (χ4v) is 4.02. The Bertz CT molecular complexity index is 1210. The van der Waals surface area contributed by atoms with Crippen LogP contribution in [0.15, 0.2) is 42.9 Å². The van der Waals surface area contributed by atoms with Gasteiger partial charge in [-0.05, 0) is 37.6 Å². The maximum atomic E-state index is 14.5. The highest BCUT2D eigenvalue weighted by atomic mass is 19.1. The molecule has 2 aliphatic rings. The van der Waals surface area contributed by atoms with E-state index in [-0.39, 0.29) is 11.7 Å². The standard InChI is InChI=1S/C22H20FN4O/c1-13-10-27(17-5-6-24-9-17)22(28)18-4-3-15(7-19(13)18)16-8-20(23)21-25-14(2)11-26(21)12-16/h3-4,7-8,10-12,24H,5-6,9H2,1-2H3/q+1. The molecule has 1 saturated heterocycles. The van der Waals surface area contributed by atoms with Gasteiger partial charge in [0, 0.05) is 42.1 Å². The van der Waals surface area contributed by atoms with Gasteiger partial charge in [0.2, 0.25) is 0 Å². The largest absolute Gasteiger partial charge is 0.425 e. The molecule has 1 N–H and O–H groups in total. The number of nitrogens with zero attached hydrogens (tertiary/aromatic N) is 3. The van der Waals surface area contributed by atoms with E-state index in [1.807, 2.05) is 44.4 Å². The predicted octanol–water partition coefficient (Wildman–Crippen LogP) is 3.41. The molecule has 0 spiro atoms. The lowest BCUT2D eigenvalue weighted by Crippen LogP contribution is -2.28. The van der Waals surface area contributed by atoms with Crippen molar-refractivity contribution < 1.29 is 13.8 Å². The SMILES string of the molecule is CC1=C[N+](=C2CCNC2)C(=O)c2ccc(-c3cc(F)c4nc(C)cn4c3)cc21. The molecule has 6 heteroatoms. The molecule has 0 aliphatic carbocycles. The van der Waals surface area contributed by atoms with Crippen LogP contribution in [0, 0.1) is 12.7 Å². The first-order valence-corrected chi connectivity index (χ1v) is 9.38. The Morgan fingerprint density at radius 2 is 2.00 bits per heavy atom. The van der Waals surface area contributed by atoms with Crippen molar-refractivity contribution in [2.45, 2.75) is 20.3 Å². The van der Waals surface area contributed by atoms with Gasteiger partial charge in [-0.15, -0.1) is 4.58 Å². The number of aryl methyl sites for hydroxylation is 1. The van der Waals surface area contributed by atoms with Crippen LogP contribution in [-0.4, -0.2) is 38.7 Å². The monoisotopic (exact) mass is 375 g/mol. The number of benzene rings is 1. The van der Waals surface area contributed by atoms with E-state index in [1.165, 1.54) is 6.07 Å². The second-order valence-corrected chi connectivity index (χ2v) is 7.43. The van der Waals surface area contributed by atoms with E-state index in [2.05, 4.69) is 10.3 Å². The van der Waals surface area contributed by atoms with Crippen LogP contribution < -0.4 is 5.32 Å². The van der Waals surface area contributed by atoms with Crippen LogP contribution in [0.5, 0.6) is 0 Å². The molecule has 0 bridgehead atoms. The first kappa shape index (κ1) is 17.0. The summed E-state index contributed by atoms with van der Waals surface area (Å²) >= 11 is 0. The molecule has 1 fully saturated rings. The van der Waals surface area contributed by atoms with E-state index in [1.54, 1.807) is 15.2 Å². The first-order chi connectivity index (χ1) is 13.5. The van der Waals surface area contributed by atoms with Crippen LogP contribution in [0.4, 0.5) is 4.39 Å². The molecule has 5 rings (SSSR count). The fourth-order valence-electron chi connectivity index (χ4n) is 4.02. The number of aromatic nitrogens is 2. The van der Waals surface area contributed by atoms with Gasteiger partial charge in [0.25, 0.3) is 0 Å². The van der Waals surface area contributed by atoms with Gasteiger partial charge in [0.15, 0.2) is 23.4 Å². The summed E-state index contributed by atoms with van der Waals surface area (Å²) in [5, 5.41) is 3.28. The van der Waals surface area contributed by atoms with Crippen LogP contribution in [0.3, 0.4) is 0 Å². The molecule has 3 aromatic rings. The third-order valence-electron chi connectivity index (χ3n) is 5.44. The van der Waals surface area contributed by atoms with Crippen molar-refractivity contribution in [1.29, 1.82) is 0 Å². The Hall–Kier alpha value is -3.12. The highest BCUT2D eigenvalue weighted by Gasteiger charge is 2.32. The van der Waals surface area contributed by atoms with E-state index >= 15 is 0 Å². The molecule has 28 heavy (non-hydrogen) atoms. The van der Waals surface area contributed by atoms with Crippen LogP contribution in [0.2, 0.25) is 0 Å². The maximum absolute atomic E-state index is 14.5. The Kier molecular flexibility index (Phi) is 3.77. The second-order valence-electron chi connectivity index (χ2n) is 7.43. The highest BCUT2D eigenvalue weighted by molar-refractivity contribution is 6.01. The average Bonchev–Trinajstić information content (AvgIpc) is 3.33. The summed E-state index contributed by atoms with van der Waals surface area (Å²) in [7, 11) is 0. The van der Waals surface area contributed by atoms with Gasteiger partial charge in [-0.25, -0.2) is 14.2 Å². The average molecular weight is 375 g/mol. The quantitative estimate of drug-likeness (QED) is 0.663. The summed E-state index contributed by atoms with van der Waals surface area (Å²) in [5.74, 6) is -0.360. The molecule has 4 heterocycles. The lowest BCUT2D eigenvalue weighted by Gasteiger charge is -2.14. The van der Waals surface area contributed by atoms with Crippen molar-refractivity contribution in [1.82, 2.24) is 14.7 Å².